The average Bonchev–Trinajstić information content (AvgIpc) is 3.13. The van der Waals surface area contributed by atoms with Gasteiger partial charge >= 0.3 is 0 Å². The van der Waals surface area contributed by atoms with Crippen LogP contribution in [0, 0.1) is 0 Å². The van der Waals surface area contributed by atoms with Crippen molar-refractivity contribution >= 4 is 0 Å². The molecule has 0 radical (unpaired) electrons. The molecule has 0 atom stereocenters. The van der Waals surface area contributed by atoms with Gasteiger partial charge in [-0.15, -0.1) is 0 Å². The van der Waals surface area contributed by atoms with Crippen LogP contribution in [-0.4, -0.2) is 4.57 Å². The lowest BCUT2D eigenvalue weighted by Crippen LogP contribution is -2.37. The second kappa shape index (κ2) is 15.3. The average molecular weight is 398 g/mol. The molecule has 0 unspecified atom stereocenters. The lowest BCUT2D eigenvalue weighted by Gasteiger charge is -2.07. The molecule has 0 saturated carbocycles. The summed E-state index contributed by atoms with van der Waals surface area (Å²) in [5.41, 5.74) is 1.46. The highest BCUT2D eigenvalue weighted by molar-refractivity contribution is 5.14. The van der Waals surface area contributed by atoms with Crippen LogP contribution in [0.3, 0.4) is 0 Å². The Morgan fingerprint density at radius 3 is 2.07 bits per heavy atom. The Morgan fingerprint density at radius 2 is 1.34 bits per heavy atom. The molecule has 1 aromatic heterocycles. The van der Waals surface area contributed by atoms with Gasteiger partial charge in [0.15, 0.2) is 0 Å². The highest BCUT2D eigenvalue weighted by Crippen LogP contribution is 2.11. The number of imidazole rings is 1. The van der Waals surface area contributed by atoms with E-state index in [4.69, 9.17) is 0 Å². The van der Waals surface area contributed by atoms with Crippen molar-refractivity contribution in [2.75, 3.05) is 0 Å². The SMILES string of the molecule is CCCCCCCCCn1cc[n+](CCCc2ccccc2)c1CCCCCC. The highest BCUT2D eigenvalue weighted by atomic mass is 15.1. The van der Waals surface area contributed by atoms with E-state index in [9.17, 15) is 0 Å². The first-order valence-electron chi connectivity index (χ1n) is 12.5. The highest BCUT2D eigenvalue weighted by Gasteiger charge is 2.16. The third-order valence-corrected chi connectivity index (χ3v) is 6.05. The molecule has 0 aliphatic heterocycles. The second-order valence-electron chi connectivity index (χ2n) is 8.62. The minimum absolute atomic E-state index is 1.14. The predicted molar refractivity (Wildman–Crippen MR) is 125 cm³/mol. The Morgan fingerprint density at radius 1 is 0.690 bits per heavy atom. The molecule has 1 heterocycles. The first-order chi connectivity index (χ1) is 14.3. The predicted octanol–water partition coefficient (Wildman–Crippen LogP) is 7.28. The molecule has 2 aromatic rings. The summed E-state index contributed by atoms with van der Waals surface area (Å²) >= 11 is 0. The summed E-state index contributed by atoms with van der Waals surface area (Å²) < 4.78 is 5.09. The van der Waals surface area contributed by atoms with Gasteiger partial charge in [-0.05, 0) is 37.7 Å². The van der Waals surface area contributed by atoms with Crippen molar-refractivity contribution in [2.24, 2.45) is 0 Å². The van der Waals surface area contributed by atoms with E-state index >= 15 is 0 Å². The molecule has 2 nitrogen and oxygen atoms in total. The maximum absolute atomic E-state index is 2.56. The Labute approximate surface area is 180 Å². The summed E-state index contributed by atoms with van der Waals surface area (Å²) in [5.74, 6) is 1.56. The fourth-order valence-corrected chi connectivity index (χ4v) is 4.24. The summed E-state index contributed by atoms with van der Waals surface area (Å²) in [6.07, 6.45) is 23.4. The number of unbranched alkanes of at least 4 members (excludes halogenated alkanes) is 9. The third kappa shape index (κ3) is 9.65. The molecular weight excluding hydrogens is 352 g/mol. The van der Waals surface area contributed by atoms with Gasteiger partial charge in [0.2, 0.25) is 0 Å². The summed E-state index contributed by atoms with van der Waals surface area (Å²) in [6, 6.07) is 10.9. The first-order valence-corrected chi connectivity index (χ1v) is 12.5. The second-order valence-corrected chi connectivity index (χ2v) is 8.62. The number of benzene rings is 1. The van der Waals surface area contributed by atoms with Crippen molar-refractivity contribution in [3.8, 4) is 0 Å². The van der Waals surface area contributed by atoms with Gasteiger partial charge in [0, 0.05) is 6.42 Å². The smallest absolute Gasteiger partial charge is 0.234 e. The molecule has 2 heteroatoms. The summed E-state index contributed by atoms with van der Waals surface area (Å²) in [4.78, 5) is 0. The van der Waals surface area contributed by atoms with E-state index in [-0.39, 0.29) is 0 Å². The van der Waals surface area contributed by atoms with Gasteiger partial charge in [-0.2, -0.15) is 0 Å². The molecule has 0 bridgehead atoms. The van der Waals surface area contributed by atoms with Crippen LogP contribution in [0.5, 0.6) is 0 Å². The van der Waals surface area contributed by atoms with Gasteiger partial charge in [0.25, 0.3) is 5.82 Å². The Hall–Kier alpha value is -1.57. The molecular formula is C27H45N2+. The lowest BCUT2D eigenvalue weighted by atomic mass is 10.1. The van der Waals surface area contributed by atoms with Crippen molar-refractivity contribution in [2.45, 2.75) is 117 Å². The van der Waals surface area contributed by atoms with Gasteiger partial charge in [-0.25, -0.2) is 9.13 Å². The molecule has 2 rings (SSSR count). The molecule has 0 aliphatic carbocycles. The molecule has 162 valence electrons. The van der Waals surface area contributed by atoms with Crippen LogP contribution in [0.25, 0.3) is 0 Å². The van der Waals surface area contributed by atoms with Crippen molar-refractivity contribution in [3.63, 3.8) is 0 Å². The fourth-order valence-electron chi connectivity index (χ4n) is 4.24. The minimum atomic E-state index is 1.14. The largest absolute Gasteiger partial charge is 0.256 e. The van der Waals surface area contributed by atoms with Crippen LogP contribution < -0.4 is 4.57 Å². The molecule has 0 N–H and O–H groups in total. The molecule has 1 aromatic carbocycles. The molecule has 0 spiro atoms. The van der Waals surface area contributed by atoms with Crippen LogP contribution in [0.4, 0.5) is 0 Å². The van der Waals surface area contributed by atoms with E-state index in [1.807, 2.05) is 0 Å². The standard InChI is InChI=1S/C27H45N2/c1-3-5-7-9-10-11-16-22-28-24-25-29(27(28)21-15-8-6-4-2)23-17-20-26-18-13-12-14-19-26/h12-14,18-19,24-25H,3-11,15-17,20-23H2,1-2H3/q+1. The van der Waals surface area contributed by atoms with Crippen LogP contribution in [0.2, 0.25) is 0 Å². The zero-order valence-electron chi connectivity index (χ0n) is 19.2. The number of aromatic nitrogens is 2. The zero-order chi connectivity index (χ0) is 20.6. The summed E-state index contributed by atoms with van der Waals surface area (Å²) in [7, 11) is 0. The van der Waals surface area contributed by atoms with Crippen molar-refractivity contribution in [3.05, 3.63) is 54.1 Å². The molecule has 0 fully saturated rings. The lowest BCUT2D eigenvalue weighted by molar-refractivity contribution is -0.704. The fraction of sp³-hybridized carbons (Fsp3) is 0.667. The van der Waals surface area contributed by atoms with Crippen molar-refractivity contribution < 1.29 is 4.57 Å². The normalized spacial score (nSPS) is 11.2. The van der Waals surface area contributed by atoms with Crippen LogP contribution in [-0.2, 0) is 25.9 Å². The van der Waals surface area contributed by atoms with Crippen molar-refractivity contribution in [1.82, 2.24) is 4.57 Å². The van der Waals surface area contributed by atoms with E-state index in [1.54, 1.807) is 5.82 Å². The number of nitrogens with zero attached hydrogens (tertiary/aromatic N) is 2. The van der Waals surface area contributed by atoms with E-state index < -0.39 is 0 Å². The van der Waals surface area contributed by atoms with Gasteiger partial charge in [-0.1, -0.05) is 95.5 Å². The molecule has 0 amide bonds. The Kier molecular flexibility index (Phi) is 12.5. The maximum Gasteiger partial charge on any atom is 0.256 e. The van der Waals surface area contributed by atoms with E-state index in [0.29, 0.717) is 0 Å². The molecule has 0 aliphatic rings. The van der Waals surface area contributed by atoms with E-state index in [0.717, 1.165) is 6.54 Å². The van der Waals surface area contributed by atoms with Gasteiger partial charge in [0.1, 0.15) is 12.4 Å². The van der Waals surface area contributed by atoms with Gasteiger partial charge in [-0.3, -0.25) is 0 Å². The summed E-state index contributed by atoms with van der Waals surface area (Å²) in [5, 5.41) is 0. The first kappa shape index (κ1) is 23.7. The van der Waals surface area contributed by atoms with Crippen molar-refractivity contribution in [1.29, 1.82) is 0 Å². The van der Waals surface area contributed by atoms with Gasteiger partial charge < -0.3 is 0 Å². The number of hydrogen-bond acceptors (Lipinski definition) is 0. The molecule has 29 heavy (non-hydrogen) atoms. The van der Waals surface area contributed by atoms with E-state index in [2.05, 4.69) is 65.7 Å². The Bertz CT molecular complexity index is 629. The third-order valence-electron chi connectivity index (χ3n) is 6.05. The maximum atomic E-state index is 2.56. The summed E-state index contributed by atoms with van der Waals surface area (Å²) in [6.45, 7) is 6.93. The molecule has 0 saturated heterocycles. The van der Waals surface area contributed by atoms with Crippen LogP contribution in [0.1, 0.15) is 102 Å². The van der Waals surface area contributed by atoms with Crippen LogP contribution in [0.15, 0.2) is 42.7 Å². The topological polar surface area (TPSA) is 8.81 Å². The van der Waals surface area contributed by atoms with E-state index in [1.165, 1.54) is 102 Å². The minimum Gasteiger partial charge on any atom is -0.234 e. The van der Waals surface area contributed by atoms with Gasteiger partial charge in [0.05, 0.1) is 13.1 Å². The number of hydrogen-bond donors (Lipinski definition) is 0. The Balaban J connectivity index is 1.82. The van der Waals surface area contributed by atoms with Crippen LogP contribution >= 0.6 is 0 Å². The quantitative estimate of drug-likeness (QED) is 0.196. The number of rotatable bonds is 17. The number of aryl methyl sites for hydroxylation is 3. The zero-order valence-corrected chi connectivity index (χ0v) is 19.2. The monoisotopic (exact) mass is 397 g/mol.